The molecule has 10 heteroatoms. The molecule has 0 amide bonds. The zero-order valence-corrected chi connectivity index (χ0v) is 19.4. The van der Waals surface area contributed by atoms with Gasteiger partial charge in [-0.15, -0.1) is 0 Å². The van der Waals surface area contributed by atoms with Crippen molar-refractivity contribution in [3.63, 3.8) is 0 Å². The standard InChI is InChI=1S/C23H26N6O3S/c1-3-32-19-7-6-15-12-17(5-4-16(15)13-19)21-20-22(24)25-14-26-23(20)29(27-21)18-8-10-28(11-9-18)33(2,30)31/h4-7,12-14,18H,3,8-11H2,1-2H3,(H2,24,25,26). The third-order valence-corrected chi connectivity index (χ3v) is 7.46. The summed E-state index contributed by atoms with van der Waals surface area (Å²) in [5.41, 5.74) is 8.59. The number of rotatable bonds is 5. The van der Waals surface area contributed by atoms with Gasteiger partial charge in [0.25, 0.3) is 0 Å². The van der Waals surface area contributed by atoms with E-state index in [0.717, 1.165) is 27.8 Å². The first kappa shape index (κ1) is 21.6. The fourth-order valence-electron chi connectivity index (χ4n) is 4.50. The van der Waals surface area contributed by atoms with Gasteiger partial charge in [0.15, 0.2) is 5.65 Å². The van der Waals surface area contributed by atoms with Crippen LogP contribution in [-0.2, 0) is 10.0 Å². The van der Waals surface area contributed by atoms with Crippen molar-refractivity contribution in [2.45, 2.75) is 25.8 Å². The molecule has 3 heterocycles. The van der Waals surface area contributed by atoms with Crippen molar-refractivity contribution in [1.82, 2.24) is 24.1 Å². The number of hydrogen-bond donors (Lipinski definition) is 1. The number of hydrogen-bond acceptors (Lipinski definition) is 7. The van der Waals surface area contributed by atoms with Crippen LogP contribution in [0.5, 0.6) is 5.75 Å². The molecular formula is C23H26N6O3S. The zero-order chi connectivity index (χ0) is 23.2. The summed E-state index contributed by atoms with van der Waals surface area (Å²) in [6.07, 6.45) is 4.01. The summed E-state index contributed by atoms with van der Waals surface area (Å²) in [6.45, 7) is 3.50. The van der Waals surface area contributed by atoms with Gasteiger partial charge in [0.1, 0.15) is 23.6 Å². The van der Waals surface area contributed by atoms with Gasteiger partial charge in [0.05, 0.1) is 24.3 Å². The van der Waals surface area contributed by atoms with Gasteiger partial charge in [-0.05, 0) is 48.7 Å². The van der Waals surface area contributed by atoms with Gasteiger partial charge in [-0.3, -0.25) is 0 Å². The van der Waals surface area contributed by atoms with Crippen LogP contribution in [-0.4, -0.2) is 58.4 Å². The van der Waals surface area contributed by atoms with Crippen LogP contribution in [0.1, 0.15) is 25.8 Å². The highest BCUT2D eigenvalue weighted by Crippen LogP contribution is 2.35. The van der Waals surface area contributed by atoms with Crippen molar-refractivity contribution in [3.8, 4) is 17.0 Å². The molecule has 1 saturated heterocycles. The molecule has 0 bridgehead atoms. The average molecular weight is 467 g/mol. The highest BCUT2D eigenvalue weighted by atomic mass is 32.2. The number of ether oxygens (including phenoxy) is 1. The largest absolute Gasteiger partial charge is 0.494 e. The minimum Gasteiger partial charge on any atom is -0.494 e. The van der Waals surface area contributed by atoms with E-state index in [-0.39, 0.29) is 6.04 Å². The molecule has 0 radical (unpaired) electrons. The summed E-state index contributed by atoms with van der Waals surface area (Å²) in [5, 5.41) is 7.78. The van der Waals surface area contributed by atoms with Crippen LogP contribution < -0.4 is 10.5 Å². The molecule has 2 aromatic heterocycles. The molecule has 1 fully saturated rings. The maximum atomic E-state index is 11.9. The third kappa shape index (κ3) is 4.00. The zero-order valence-electron chi connectivity index (χ0n) is 18.6. The van der Waals surface area contributed by atoms with Crippen molar-refractivity contribution in [1.29, 1.82) is 0 Å². The van der Waals surface area contributed by atoms with Crippen molar-refractivity contribution in [2.24, 2.45) is 0 Å². The Hall–Kier alpha value is -3.24. The molecule has 172 valence electrons. The predicted molar refractivity (Wildman–Crippen MR) is 129 cm³/mol. The van der Waals surface area contributed by atoms with Crippen LogP contribution in [0.2, 0.25) is 0 Å². The summed E-state index contributed by atoms with van der Waals surface area (Å²) in [5.74, 6) is 1.21. The maximum Gasteiger partial charge on any atom is 0.211 e. The van der Waals surface area contributed by atoms with Crippen molar-refractivity contribution in [2.75, 3.05) is 31.7 Å². The Morgan fingerprint density at radius 3 is 2.55 bits per heavy atom. The minimum absolute atomic E-state index is 0.0303. The average Bonchev–Trinajstić information content (AvgIpc) is 3.19. The highest BCUT2D eigenvalue weighted by molar-refractivity contribution is 7.88. The number of nitrogens with two attached hydrogens (primary N) is 1. The Morgan fingerprint density at radius 2 is 1.82 bits per heavy atom. The summed E-state index contributed by atoms with van der Waals surface area (Å²) >= 11 is 0. The summed E-state index contributed by atoms with van der Waals surface area (Å²) in [7, 11) is -3.20. The smallest absolute Gasteiger partial charge is 0.211 e. The molecule has 2 aromatic carbocycles. The molecule has 4 aromatic rings. The second kappa shape index (κ2) is 8.27. The SMILES string of the molecule is CCOc1ccc2cc(-c3nn(C4CCN(S(C)(=O)=O)CC4)c4ncnc(N)c34)ccc2c1. The Labute approximate surface area is 192 Å². The minimum atomic E-state index is -3.20. The van der Waals surface area contributed by atoms with Gasteiger partial charge in [-0.2, -0.15) is 5.10 Å². The van der Waals surface area contributed by atoms with E-state index in [1.165, 1.54) is 16.9 Å². The number of benzene rings is 2. The van der Waals surface area contributed by atoms with Crippen LogP contribution >= 0.6 is 0 Å². The molecule has 0 atom stereocenters. The summed E-state index contributed by atoms with van der Waals surface area (Å²) in [4.78, 5) is 8.69. The molecule has 0 aliphatic carbocycles. The lowest BCUT2D eigenvalue weighted by Gasteiger charge is -2.30. The second-order valence-corrected chi connectivity index (χ2v) is 10.3. The Balaban J connectivity index is 1.56. The molecule has 5 rings (SSSR count). The van der Waals surface area contributed by atoms with Gasteiger partial charge in [0, 0.05) is 18.7 Å². The third-order valence-electron chi connectivity index (χ3n) is 6.15. The molecule has 9 nitrogen and oxygen atoms in total. The van der Waals surface area contributed by atoms with Gasteiger partial charge in [-0.25, -0.2) is 27.4 Å². The molecule has 2 N–H and O–H groups in total. The topological polar surface area (TPSA) is 116 Å². The number of fused-ring (bicyclic) bond motifs is 2. The van der Waals surface area contributed by atoms with Crippen LogP contribution in [0, 0.1) is 0 Å². The summed E-state index contributed by atoms with van der Waals surface area (Å²) in [6, 6.07) is 12.2. The van der Waals surface area contributed by atoms with Crippen molar-refractivity contribution < 1.29 is 13.2 Å². The first-order chi connectivity index (χ1) is 15.8. The molecular weight excluding hydrogens is 440 g/mol. The highest BCUT2D eigenvalue weighted by Gasteiger charge is 2.29. The molecule has 33 heavy (non-hydrogen) atoms. The number of nitrogen functional groups attached to an aromatic ring is 1. The van der Waals surface area contributed by atoms with Crippen molar-refractivity contribution in [3.05, 3.63) is 42.7 Å². The van der Waals surface area contributed by atoms with E-state index in [1.54, 1.807) is 0 Å². The lowest BCUT2D eigenvalue weighted by molar-refractivity contribution is 0.266. The van der Waals surface area contributed by atoms with Crippen LogP contribution in [0.25, 0.3) is 33.1 Å². The molecule has 0 spiro atoms. The van der Waals surface area contributed by atoms with E-state index >= 15 is 0 Å². The van der Waals surface area contributed by atoms with Gasteiger partial charge < -0.3 is 10.5 Å². The van der Waals surface area contributed by atoms with Gasteiger partial charge >= 0.3 is 0 Å². The van der Waals surface area contributed by atoms with Crippen molar-refractivity contribution >= 4 is 37.6 Å². The van der Waals surface area contributed by atoms with Gasteiger partial charge in [-0.1, -0.05) is 18.2 Å². The number of piperidine rings is 1. The Bertz CT molecular complexity index is 1440. The van der Waals surface area contributed by atoms with Crippen LogP contribution in [0.4, 0.5) is 5.82 Å². The summed E-state index contributed by atoms with van der Waals surface area (Å²) < 4.78 is 32.8. The molecule has 0 unspecified atom stereocenters. The van der Waals surface area contributed by atoms with E-state index in [4.69, 9.17) is 15.6 Å². The number of aromatic nitrogens is 4. The first-order valence-electron chi connectivity index (χ1n) is 11.0. The maximum absolute atomic E-state index is 11.9. The Kier molecular flexibility index (Phi) is 5.41. The monoisotopic (exact) mass is 466 g/mol. The molecule has 1 aliphatic heterocycles. The predicted octanol–water partition coefficient (Wildman–Crippen LogP) is 3.22. The molecule has 1 aliphatic rings. The lowest BCUT2D eigenvalue weighted by Crippen LogP contribution is -2.38. The van der Waals surface area contributed by atoms with E-state index in [9.17, 15) is 8.42 Å². The molecule has 0 saturated carbocycles. The Morgan fingerprint density at radius 1 is 1.09 bits per heavy atom. The second-order valence-electron chi connectivity index (χ2n) is 8.30. The van der Waals surface area contributed by atoms with E-state index in [1.807, 2.05) is 41.9 Å². The van der Waals surface area contributed by atoms with Crippen LogP contribution in [0.15, 0.2) is 42.7 Å². The normalized spacial score (nSPS) is 15.9. The van der Waals surface area contributed by atoms with Gasteiger partial charge in [0.2, 0.25) is 10.0 Å². The van der Waals surface area contributed by atoms with E-state index < -0.39 is 10.0 Å². The fraction of sp³-hybridized carbons (Fsp3) is 0.348. The quantitative estimate of drug-likeness (QED) is 0.480. The number of nitrogens with zero attached hydrogens (tertiary/aromatic N) is 5. The first-order valence-corrected chi connectivity index (χ1v) is 12.8. The van der Waals surface area contributed by atoms with E-state index in [0.29, 0.717) is 49.4 Å². The van der Waals surface area contributed by atoms with Crippen LogP contribution in [0.3, 0.4) is 0 Å². The number of sulfonamides is 1. The lowest BCUT2D eigenvalue weighted by atomic mass is 10.0. The van der Waals surface area contributed by atoms with E-state index in [2.05, 4.69) is 16.0 Å². The fourth-order valence-corrected chi connectivity index (χ4v) is 5.37. The number of anilines is 1.